The van der Waals surface area contributed by atoms with Gasteiger partial charge in [-0.25, -0.2) is 17.5 Å². The SMILES string of the molecule is C=CCCOCCNS(=O)(=O)c1ccc(F)c(N)c1. The molecule has 1 rings (SSSR count). The minimum atomic E-state index is -3.69. The Morgan fingerprint density at radius 1 is 1.42 bits per heavy atom. The second-order valence-corrected chi connectivity index (χ2v) is 5.54. The van der Waals surface area contributed by atoms with Crippen LogP contribution in [0.5, 0.6) is 0 Å². The van der Waals surface area contributed by atoms with Crippen LogP contribution in [0.25, 0.3) is 0 Å². The third-order valence-corrected chi connectivity index (χ3v) is 3.74. The van der Waals surface area contributed by atoms with E-state index in [4.69, 9.17) is 10.5 Å². The highest BCUT2D eigenvalue weighted by Gasteiger charge is 2.14. The van der Waals surface area contributed by atoms with Crippen LogP contribution in [0.4, 0.5) is 10.1 Å². The molecule has 0 aliphatic carbocycles. The second-order valence-electron chi connectivity index (χ2n) is 3.77. The summed E-state index contributed by atoms with van der Waals surface area (Å²) in [7, 11) is -3.69. The van der Waals surface area contributed by atoms with Crippen LogP contribution < -0.4 is 10.5 Å². The van der Waals surface area contributed by atoms with Crippen molar-refractivity contribution in [3.63, 3.8) is 0 Å². The first kappa shape index (κ1) is 15.6. The van der Waals surface area contributed by atoms with E-state index in [0.29, 0.717) is 13.0 Å². The Bertz CT molecular complexity index is 532. The van der Waals surface area contributed by atoms with E-state index >= 15 is 0 Å². The van der Waals surface area contributed by atoms with Gasteiger partial charge in [0.15, 0.2) is 0 Å². The molecule has 0 radical (unpaired) electrons. The zero-order valence-corrected chi connectivity index (χ0v) is 11.2. The van der Waals surface area contributed by atoms with E-state index in [1.54, 1.807) is 6.08 Å². The summed E-state index contributed by atoms with van der Waals surface area (Å²) in [6.45, 7) is 4.42. The monoisotopic (exact) mass is 288 g/mol. The van der Waals surface area contributed by atoms with Crippen molar-refractivity contribution < 1.29 is 17.5 Å². The van der Waals surface area contributed by atoms with Gasteiger partial charge in [0.2, 0.25) is 10.0 Å². The van der Waals surface area contributed by atoms with Gasteiger partial charge < -0.3 is 10.5 Å². The predicted octanol–water partition coefficient (Wildman–Crippen LogP) is 1.28. The molecule has 1 aromatic carbocycles. The van der Waals surface area contributed by atoms with Gasteiger partial charge in [-0.2, -0.15) is 0 Å². The minimum Gasteiger partial charge on any atom is -0.396 e. The molecule has 0 aliphatic rings. The molecule has 0 atom stereocenters. The van der Waals surface area contributed by atoms with Crippen LogP contribution in [0.3, 0.4) is 0 Å². The summed E-state index contributed by atoms with van der Waals surface area (Å²) in [6.07, 6.45) is 2.42. The Morgan fingerprint density at radius 2 is 2.16 bits per heavy atom. The molecule has 0 aliphatic heterocycles. The van der Waals surface area contributed by atoms with E-state index in [-0.39, 0.29) is 23.7 Å². The maximum absolute atomic E-state index is 12.9. The summed E-state index contributed by atoms with van der Waals surface area (Å²) < 4.78 is 44.1. The lowest BCUT2D eigenvalue weighted by atomic mass is 10.3. The summed E-state index contributed by atoms with van der Waals surface area (Å²) in [5.74, 6) is -0.647. The van der Waals surface area contributed by atoms with Crippen molar-refractivity contribution in [1.82, 2.24) is 4.72 Å². The molecule has 0 saturated heterocycles. The Labute approximate surface area is 112 Å². The lowest BCUT2D eigenvalue weighted by Gasteiger charge is -2.08. The summed E-state index contributed by atoms with van der Waals surface area (Å²) >= 11 is 0. The molecule has 0 bridgehead atoms. The molecule has 0 aromatic heterocycles. The molecule has 19 heavy (non-hydrogen) atoms. The van der Waals surface area contributed by atoms with Crippen molar-refractivity contribution in [3.05, 3.63) is 36.7 Å². The van der Waals surface area contributed by atoms with Gasteiger partial charge in [0.05, 0.1) is 23.8 Å². The van der Waals surface area contributed by atoms with Crippen molar-refractivity contribution >= 4 is 15.7 Å². The number of benzene rings is 1. The Balaban J connectivity index is 2.51. The zero-order chi connectivity index (χ0) is 14.3. The number of hydrogen-bond acceptors (Lipinski definition) is 4. The minimum absolute atomic E-state index is 0.0718. The molecular weight excluding hydrogens is 271 g/mol. The van der Waals surface area contributed by atoms with Gasteiger partial charge in [-0.3, -0.25) is 0 Å². The van der Waals surface area contributed by atoms with Crippen molar-refractivity contribution in [2.24, 2.45) is 0 Å². The second kappa shape index (κ2) is 7.22. The van der Waals surface area contributed by atoms with Gasteiger partial charge in [0.25, 0.3) is 0 Å². The Morgan fingerprint density at radius 3 is 2.79 bits per heavy atom. The average molecular weight is 288 g/mol. The van der Waals surface area contributed by atoms with Crippen LogP contribution >= 0.6 is 0 Å². The van der Waals surface area contributed by atoms with Crippen molar-refractivity contribution in [2.75, 3.05) is 25.5 Å². The van der Waals surface area contributed by atoms with E-state index in [1.165, 1.54) is 0 Å². The number of anilines is 1. The highest BCUT2D eigenvalue weighted by molar-refractivity contribution is 7.89. The summed E-state index contributed by atoms with van der Waals surface area (Å²) in [4.78, 5) is -0.0718. The van der Waals surface area contributed by atoms with Gasteiger partial charge in [0, 0.05) is 6.54 Å². The topological polar surface area (TPSA) is 81.4 Å². The van der Waals surface area contributed by atoms with E-state index in [1.807, 2.05) is 0 Å². The number of ether oxygens (including phenoxy) is 1. The van der Waals surface area contributed by atoms with Crippen molar-refractivity contribution in [3.8, 4) is 0 Å². The van der Waals surface area contributed by atoms with E-state index < -0.39 is 15.8 Å². The summed E-state index contributed by atoms with van der Waals surface area (Å²) in [5, 5.41) is 0. The quantitative estimate of drug-likeness (QED) is 0.429. The molecule has 1 aromatic rings. The van der Waals surface area contributed by atoms with Crippen LogP contribution in [-0.4, -0.2) is 28.2 Å². The van der Waals surface area contributed by atoms with Crippen LogP contribution in [0.2, 0.25) is 0 Å². The maximum atomic E-state index is 12.9. The molecule has 3 N–H and O–H groups in total. The highest BCUT2D eigenvalue weighted by Crippen LogP contribution is 2.16. The number of halogens is 1. The number of nitrogens with two attached hydrogens (primary N) is 1. The maximum Gasteiger partial charge on any atom is 0.240 e. The molecular formula is C12H17FN2O3S. The lowest BCUT2D eigenvalue weighted by Crippen LogP contribution is -2.27. The molecule has 0 unspecified atom stereocenters. The molecule has 0 spiro atoms. The van der Waals surface area contributed by atoms with Gasteiger partial charge in [-0.15, -0.1) is 6.58 Å². The van der Waals surface area contributed by atoms with Crippen LogP contribution in [0, 0.1) is 5.82 Å². The fourth-order valence-corrected chi connectivity index (χ4v) is 2.34. The number of sulfonamides is 1. The first-order chi connectivity index (χ1) is 8.97. The largest absolute Gasteiger partial charge is 0.396 e. The van der Waals surface area contributed by atoms with Crippen LogP contribution in [0.15, 0.2) is 35.7 Å². The summed E-state index contributed by atoms with van der Waals surface area (Å²) in [6, 6.07) is 3.26. The molecule has 5 nitrogen and oxygen atoms in total. The zero-order valence-electron chi connectivity index (χ0n) is 10.4. The molecule has 7 heteroatoms. The van der Waals surface area contributed by atoms with E-state index in [2.05, 4.69) is 11.3 Å². The average Bonchev–Trinajstić information content (AvgIpc) is 2.36. The third kappa shape index (κ3) is 4.98. The van der Waals surface area contributed by atoms with Gasteiger partial charge in [-0.1, -0.05) is 6.08 Å². The molecule has 0 fully saturated rings. The number of hydrogen-bond donors (Lipinski definition) is 2. The Hall–Kier alpha value is -1.44. The fraction of sp³-hybridized carbons (Fsp3) is 0.333. The summed E-state index contributed by atoms with van der Waals surface area (Å²) in [5.41, 5.74) is 5.12. The third-order valence-electron chi connectivity index (χ3n) is 2.28. The smallest absolute Gasteiger partial charge is 0.240 e. The van der Waals surface area contributed by atoms with E-state index in [0.717, 1.165) is 18.2 Å². The van der Waals surface area contributed by atoms with Gasteiger partial charge in [0.1, 0.15) is 5.82 Å². The normalized spacial score (nSPS) is 11.4. The molecule has 0 heterocycles. The number of rotatable bonds is 8. The van der Waals surface area contributed by atoms with Gasteiger partial charge in [-0.05, 0) is 24.6 Å². The number of nitrogen functional groups attached to an aromatic ring is 1. The molecule has 0 amide bonds. The number of nitrogens with one attached hydrogen (secondary N) is 1. The molecule has 106 valence electrons. The van der Waals surface area contributed by atoms with Gasteiger partial charge >= 0.3 is 0 Å². The Kier molecular flexibility index (Phi) is 5.94. The highest BCUT2D eigenvalue weighted by atomic mass is 32.2. The standard InChI is InChI=1S/C12H17FN2O3S/c1-2-3-7-18-8-6-15-19(16,17)10-4-5-11(13)12(14)9-10/h2,4-5,9,15H,1,3,6-8,14H2. The van der Waals surface area contributed by atoms with Crippen LogP contribution in [0.1, 0.15) is 6.42 Å². The van der Waals surface area contributed by atoms with E-state index in [9.17, 15) is 12.8 Å². The first-order valence-corrected chi connectivity index (χ1v) is 7.19. The predicted molar refractivity (Wildman–Crippen MR) is 71.6 cm³/mol. The molecule has 0 saturated carbocycles. The fourth-order valence-electron chi connectivity index (χ4n) is 1.29. The van der Waals surface area contributed by atoms with Crippen molar-refractivity contribution in [1.29, 1.82) is 0 Å². The van der Waals surface area contributed by atoms with Crippen molar-refractivity contribution in [2.45, 2.75) is 11.3 Å². The van der Waals surface area contributed by atoms with Crippen LogP contribution in [-0.2, 0) is 14.8 Å². The lowest BCUT2D eigenvalue weighted by molar-refractivity contribution is 0.144. The first-order valence-electron chi connectivity index (χ1n) is 5.70.